The summed E-state index contributed by atoms with van der Waals surface area (Å²) >= 11 is 0. The molecule has 2 atom stereocenters. The summed E-state index contributed by atoms with van der Waals surface area (Å²) in [4.78, 5) is 16.3. The second kappa shape index (κ2) is 6.60. The van der Waals surface area contributed by atoms with Crippen LogP contribution in [0.2, 0.25) is 0 Å². The van der Waals surface area contributed by atoms with Crippen molar-refractivity contribution in [2.24, 2.45) is 17.0 Å². The first-order valence-corrected chi connectivity index (χ1v) is 9.04. The van der Waals surface area contributed by atoms with Gasteiger partial charge < -0.3 is 4.90 Å². The van der Waals surface area contributed by atoms with Gasteiger partial charge in [-0.15, -0.1) is 0 Å². The van der Waals surface area contributed by atoms with Crippen molar-refractivity contribution in [3.63, 3.8) is 0 Å². The van der Waals surface area contributed by atoms with Crippen molar-refractivity contribution in [2.75, 3.05) is 45.8 Å². The normalized spacial score (nSPS) is 29.6. The first kappa shape index (κ1) is 16.7. The third kappa shape index (κ3) is 4.64. The van der Waals surface area contributed by atoms with Gasteiger partial charge in [0.15, 0.2) is 0 Å². The molecule has 2 heterocycles. The zero-order valence-electron chi connectivity index (χ0n) is 12.9. The Hall–Kier alpha value is -0.700. The minimum atomic E-state index is -3.60. The molecule has 1 amide bonds. The second-order valence-corrected chi connectivity index (χ2v) is 8.01. The number of nitrogens with zero attached hydrogens (tertiary/aromatic N) is 3. The van der Waals surface area contributed by atoms with Crippen molar-refractivity contribution >= 4 is 16.1 Å². The van der Waals surface area contributed by atoms with Crippen LogP contribution in [0.15, 0.2) is 0 Å². The lowest BCUT2D eigenvalue weighted by molar-refractivity contribution is -0.135. The van der Waals surface area contributed by atoms with E-state index in [0.717, 1.165) is 13.1 Å². The van der Waals surface area contributed by atoms with Crippen LogP contribution >= 0.6 is 0 Å². The number of piperidine rings is 1. The van der Waals surface area contributed by atoms with E-state index in [1.165, 1.54) is 10.7 Å². The van der Waals surface area contributed by atoms with E-state index in [2.05, 4.69) is 13.8 Å². The lowest BCUT2D eigenvalue weighted by Gasteiger charge is -2.37. The lowest BCUT2D eigenvalue weighted by atomic mass is 9.92. The minimum absolute atomic E-state index is 0.150. The molecule has 2 N–H and O–H groups in total. The van der Waals surface area contributed by atoms with Crippen LogP contribution in [-0.4, -0.2) is 74.2 Å². The molecule has 0 aliphatic carbocycles. The number of hydrogen-bond donors (Lipinski definition) is 1. The van der Waals surface area contributed by atoms with Gasteiger partial charge in [0.05, 0.1) is 6.54 Å². The third-order valence-corrected chi connectivity index (χ3v) is 5.36. The molecule has 2 unspecified atom stereocenters. The largest absolute Gasteiger partial charge is 0.341 e. The maximum atomic E-state index is 12.4. The molecule has 2 fully saturated rings. The van der Waals surface area contributed by atoms with Gasteiger partial charge in [0.1, 0.15) is 0 Å². The molecule has 122 valence electrons. The Bertz CT molecular complexity index is 464. The van der Waals surface area contributed by atoms with E-state index in [9.17, 15) is 13.2 Å². The van der Waals surface area contributed by atoms with Gasteiger partial charge >= 0.3 is 0 Å². The quantitative estimate of drug-likeness (QED) is 0.746. The van der Waals surface area contributed by atoms with Gasteiger partial charge in [-0.2, -0.15) is 12.7 Å². The van der Waals surface area contributed by atoms with Crippen molar-refractivity contribution in [1.29, 1.82) is 0 Å². The Kier molecular flexibility index (Phi) is 5.24. The van der Waals surface area contributed by atoms with E-state index in [4.69, 9.17) is 5.14 Å². The number of rotatable bonds is 3. The molecule has 0 aromatic heterocycles. The van der Waals surface area contributed by atoms with Crippen LogP contribution in [-0.2, 0) is 15.0 Å². The summed E-state index contributed by atoms with van der Waals surface area (Å²) in [6, 6.07) is 0. The molecule has 2 aliphatic heterocycles. The van der Waals surface area contributed by atoms with Gasteiger partial charge in [-0.1, -0.05) is 13.8 Å². The molecule has 0 aromatic carbocycles. The highest BCUT2D eigenvalue weighted by Crippen LogP contribution is 2.21. The molecule has 8 heteroatoms. The van der Waals surface area contributed by atoms with Gasteiger partial charge in [0, 0.05) is 39.3 Å². The van der Waals surface area contributed by atoms with Crippen molar-refractivity contribution < 1.29 is 13.2 Å². The van der Waals surface area contributed by atoms with Crippen molar-refractivity contribution in [3.8, 4) is 0 Å². The number of carbonyl (C=O) groups excluding carboxylic acids is 1. The highest BCUT2D eigenvalue weighted by atomic mass is 32.2. The zero-order valence-corrected chi connectivity index (χ0v) is 13.7. The maximum Gasteiger partial charge on any atom is 0.276 e. The van der Waals surface area contributed by atoms with Gasteiger partial charge in [-0.25, -0.2) is 5.14 Å². The molecule has 0 aromatic rings. The summed E-state index contributed by atoms with van der Waals surface area (Å²) in [7, 11) is -3.60. The van der Waals surface area contributed by atoms with E-state index >= 15 is 0 Å². The van der Waals surface area contributed by atoms with Crippen LogP contribution in [0, 0.1) is 11.8 Å². The maximum absolute atomic E-state index is 12.4. The van der Waals surface area contributed by atoms with Crippen molar-refractivity contribution in [1.82, 2.24) is 14.1 Å². The standard InChI is InChI=1S/C13H26N4O3S/c1-11-7-12(2)9-16(8-11)13(18)10-15-3-5-17(6-4-15)21(14,19)20/h11-12H,3-10H2,1-2H3,(H2,14,19,20). The summed E-state index contributed by atoms with van der Waals surface area (Å²) in [5.74, 6) is 1.26. The van der Waals surface area contributed by atoms with E-state index in [1.807, 2.05) is 9.80 Å². The van der Waals surface area contributed by atoms with Gasteiger partial charge in [-0.3, -0.25) is 9.69 Å². The first-order valence-electron chi connectivity index (χ1n) is 7.53. The summed E-state index contributed by atoms with van der Waals surface area (Å²) in [6.07, 6.45) is 1.18. The van der Waals surface area contributed by atoms with E-state index < -0.39 is 10.2 Å². The number of likely N-dealkylation sites (tertiary alicyclic amines) is 1. The molecular formula is C13H26N4O3S. The zero-order chi connectivity index (χ0) is 15.6. The third-order valence-electron chi connectivity index (χ3n) is 4.27. The average Bonchev–Trinajstić information content (AvgIpc) is 2.37. The summed E-state index contributed by atoms with van der Waals surface area (Å²) < 4.78 is 23.8. The second-order valence-electron chi connectivity index (χ2n) is 6.46. The van der Waals surface area contributed by atoms with Crippen LogP contribution in [0.4, 0.5) is 0 Å². The molecule has 0 spiro atoms. The Labute approximate surface area is 127 Å². The van der Waals surface area contributed by atoms with Crippen LogP contribution in [0.25, 0.3) is 0 Å². The smallest absolute Gasteiger partial charge is 0.276 e. The molecule has 2 aliphatic rings. The minimum Gasteiger partial charge on any atom is -0.341 e. The lowest BCUT2D eigenvalue weighted by Crippen LogP contribution is -2.54. The molecule has 7 nitrogen and oxygen atoms in total. The number of carbonyl (C=O) groups is 1. The molecule has 0 bridgehead atoms. The molecule has 2 saturated heterocycles. The predicted octanol–water partition coefficient (Wildman–Crippen LogP) is -0.688. The molecule has 0 radical (unpaired) electrons. The average molecular weight is 318 g/mol. The monoisotopic (exact) mass is 318 g/mol. The molecule has 0 saturated carbocycles. The SMILES string of the molecule is CC1CC(C)CN(C(=O)CN2CCN(S(N)(=O)=O)CC2)C1. The van der Waals surface area contributed by atoms with E-state index in [-0.39, 0.29) is 5.91 Å². The molecule has 21 heavy (non-hydrogen) atoms. The Morgan fingerprint density at radius 1 is 1.10 bits per heavy atom. The fourth-order valence-corrected chi connectivity index (χ4v) is 3.97. The van der Waals surface area contributed by atoms with Gasteiger partial charge in [0.25, 0.3) is 10.2 Å². The highest BCUT2D eigenvalue weighted by molar-refractivity contribution is 7.86. The van der Waals surface area contributed by atoms with Crippen LogP contribution < -0.4 is 5.14 Å². The first-order chi connectivity index (χ1) is 9.75. The van der Waals surface area contributed by atoms with E-state index in [0.29, 0.717) is 44.6 Å². The Balaban J connectivity index is 1.82. The fraction of sp³-hybridized carbons (Fsp3) is 0.923. The van der Waals surface area contributed by atoms with Crippen LogP contribution in [0.5, 0.6) is 0 Å². The van der Waals surface area contributed by atoms with Crippen LogP contribution in [0.1, 0.15) is 20.3 Å². The topological polar surface area (TPSA) is 86.9 Å². The summed E-state index contributed by atoms with van der Waals surface area (Å²) in [5, 5.41) is 5.11. The summed E-state index contributed by atoms with van der Waals surface area (Å²) in [6.45, 7) is 8.24. The molecule has 2 rings (SSSR count). The van der Waals surface area contributed by atoms with Crippen molar-refractivity contribution in [3.05, 3.63) is 0 Å². The van der Waals surface area contributed by atoms with Crippen molar-refractivity contribution in [2.45, 2.75) is 20.3 Å². The number of amides is 1. The van der Waals surface area contributed by atoms with Crippen LogP contribution in [0.3, 0.4) is 0 Å². The molecular weight excluding hydrogens is 292 g/mol. The number of piperazine rings is 1. The summed E-state index contributed by atoms with van der Waals surface area (Å²) in [5.41, 5.74) is 0. The Morgan fingerprint density at radius 3 is 2.10 bits per heavy atom. The number of hydrogen-bond acceptors (Lipinski definition) is 4. The fourth-order valence-electron chi connectivity index (χ4n) is 3.30. The van der Waals surface area contributed by atoms with Gasteiger partial charge in [0.2, 0.25) is 5.91 Å². The Morgan fingerprint density at radius 2 is 1.62 bits per heavy atom. The predicted molar refractivity (Wildman–Crippen MR) is 80.6 cm³/mol. The highest BCUT2D eigenvalue weighted by Gasteiger charge is 2.29. The number of nitrogens with two attached hydrogens (primary N) is 1. The van der Waals surface area contributed by atoms with E-state index in [1.54, 1.807) is 0 Å². The van der Waals surface area contributed by atoms with Gasteiger partial charge in [-0.05, 0) is 18.3 Å².